The summed E-state index contributed by atoms with van der Waals surface area (Å²) < 4.78 is 0. The molecule has 1 saturated heterocycles. The van der Waals surface area contributed by atoms with E-state index in [4.69, 9.17) is 0 Å². The van der Waals surface area contributed by atoms with Crippen molar-refractivity contribution in [2.45, 2.75) is 59.3 Å². The molecule has 1 amide bonds. The van der Waals surface area contributed by atoms with Gasteiger partial charge in [-0.2, -0.15) is 0 Å². The van der Waals surface area contributed by atoms with Crippen LogP contribution >= 0.6 is 0 Å². The Bertz CT molecular complexity index is 850. The van der Waals surface area contributed by atoms with Crippen molar-refractivity contribution in [3.8, 4) is 11.8 Å². The predicted octanol–water partition coefficient (Wildman–Crippen LogP) is 2.82. The molecule has 0 radical (unpaired) electrons. The number of nitrogens with zero attached hydrogens (tertiary/aromatic N) is 1. The van der Waals surface area contributed by atoms with Gasteiger partial charge in [-0.1, -0.05) is 5.92 Å². The number of hydrogen-bond acceptors (Lipinski definition) is 4. The molecule has 1 aliphatic carbocycles. The number of Topliss-reactive ketones (excluding diaryl/α,β-unsaturated/α-hetero) is 2. The zero-order chi connectivity index (χ0) is 20.5. The maximum atomic E-state index is 13.2. The molecule has 28 heavy (non-hydrogen) atoms. The molecule has 2 aliphatic rings. The van der Waals surface area contributed by atoms with Gasteiger partial charge in [0.1, 0.15) is 17.5 Å². The molecule has 1 spiro atoms. The fourth-order valence-corrected chi connectivity index (χ4v) is 4.79. The van der Waals surface area contributed by atoms with E-state index in [1.807, 2.05) is 26.0 Å². The van der Waals surface area contributed by atoms with Crippen molar-refractivity contribution in [1.29, 1.82) is 0 Å². The monoisotopic (exact) mass is 380 g/mol. The number of aryl methyl sites for hydroxylation is 2. The number of carbonyl (C=O) groups excluding carboxylic acids is 3. The van der Waals surface area contributed by atoms with Crippen LogP contribution in [0.5, 0.6) is 0 Å². The Kier molecular flexibility index (Phi) is 5.71. The van der Waals surface area contributed by atoms with Crippen LogP contribution in [0.25, 0.3) is 0 Å². The molecular weight excluding hydrogens is 352 g/mol. The van der Waals surface area contributed by atoms with Crippen molar-refractivity contribution in [1.82, 2.24) is 10.4 Å². The van der Waals surface area contributed by atoms with Crippen LogP contribution in [0.4, 0.5) is 0 Å². The Morgan fingerprint density at radius 2 is 1.75 bits per heavy atom. The minimum absolute atomic E-state index is 0.00745. The summed E-state index contributed by atoms with van der Waals surface area (Å²) >= 11 is 0. The fraction of sp³-hybridized carbons (Fsp3) is 0.522. The number of hydrogen-bond donors (Lipinski definition) is 1. The molecule has 5 heteroatoms. The van der Waals surface area contributed by atoms with Gasteiger partial charge in [0.05, 0.1) is 0 Å². The highest BCUT2D eigenvalue weighted by Crippen LogP contribution is 2.45. The highest BCUT2D eigenvalue weighted by molar-refractivity contribution is 6.10. The highest BCUT2D eigenvalue weighted by atomic mass is 16.2. The molecule has 0 bridgehead atoms. The van der Waals surface area contributed by atoms with Crippen LogP contribution in [0.1, 0.15) is 67.7 Å². The van der Waals surface area contributed by atoms with Crippen molar-refractivity contribution in [3.05, 3.63) is 34.4 Å². The summed E-state index contributed by atoms with van der Waals surface area (Å²) in [5.74, 6) is 5.25. The first kappa shape index (κ1) is 20.3. The summed E-state index contributed by atoms with van der Waals surface area (Å²) in [5.41, 5.74) is 6.43. The smallest absolute Gasteiger partial charge is 0.233 e. The minimum Gasteiger partial charge on any atom is -0.299 e. The normalized spacial score (nSPS) is 25.3. The Morgan fingerprint density at radius 1 is 1.14 bits per heavy atom. The van der Waals surface area contributed by atoms with Crippen LogP contribution in [0.15, 0.2) is 12.1 Å². The fourth-order valence-electron chi connectivity index (χ4n) is 4.79. The van der Waals surface area contributed by atoms with E-state index in [-0.39, 0.29) is 22.9 Å². The third-order valence-corrected chi connectivity index (χ3v) is 6.10. The maximum absolute atomic E-state index is 13.2. The first-order valence-electron chi connectivity index (χ1n) is 9.87. The zero-order valence-electron chi connectivity index (χ0n) is 17.1. The average molecular weight is 380 g/mol. The molecule has 5 nitrogen and oxygen atoms in total. The van der Waals surface area contributed by atoms with Gasteiger partial charge in [0.25, 0.3) is 0 Å². The standard InChI is InChI=1S/C23H28N2O3/c1-5-6-18-11-15(2)21(16(3)12-18)22-19(27)13-23(14-20(22)28)7-9-24-25(10-8-23)17(4)26/h11-12,22,24H,7-10,13-14H2,1-4H3. The first-order valence-corrected chi connectivity index (χ1v) is 9.87. The van der Waals surface area contributed by atoms with Crippen LogP contribution in [-0.4, -0.2) is 35.6 Å². The molecule has 3 rings (SSSR count). The van der Waals surface area contributed by atoms with Gasteiger partial charge in [-0.3, -0.25) is 19.4 Å². The van der Waals surface area contributed by atoms with Gasteiger partial charge in [0.2, 0.25) is 5.91 Å². The summed E-state index contributed by atoms with van der Waals surface area (Å²) in [7, 11) is 0. The average Bonchev–Trinajstić information content (AvgIpc) is 2.79. The van der Waals surface area contributed by atoms with Crippen molar-refractivity contribution in [2.75, 3.05) is 13.1 Å². The third-order valence-electron chi connectivity index (χ3n) is 6.10. The van der Waals surface area contributed by atoms with Gasteiger partial charge in [-0.05, 0) is 67.9 Å². The molecule has 148 valence electrons. The number of amides is 1. The van der Waals surface area contributed by atoms with Gasteiger partial charge in [0, 0.05) is 38.4 Å². The van der Waals surface area contributed by atoms with E-state index in [9.17, 15) is 14.4 Å². The Labute approximate surface area is 166 Å². The summed E-state index contributed by atoms with van der Waals surface area (Å²) in [4.78, 5) is 38.0. The summed E-state index contributed by atoms with van der Waals surface area (Å²) in [6, 6.07) is 3.92. The van der Waals surface area contributed by atoms with Crippen LogP contribution in [0.2, 0.25) is 0 Å². The topological polar surface area (TPSA) is 66.5 Å². The largest absolute Gasteiger partial charge is 0.299 e. The van der Waals surface area contributed by atoms with Crippen molar-refractivity contribution in [2.24, 2.45) is 5.41 Å². The highest BCUT2D eigenvalue weighted by Gasteiger charge is 2.46. The molecule has 1 saturated carbocycles. The number of benzene rings is 1. The first-order chi connectivity index (χ1) is 13.3. The van der Waals surface area contributed by atoms with Gasteiger partial charge in [-0.15, -0.1) is 5.92 Å². The molecule has 1 N–H and O–H groups in total. The van der Waals surface area contributed by atoms with E-state index in [1.165, 1.54) is 6.92 Å². The minimum atomic E-state index is -0.672. The number of hydrazine groups is 1. The number of rotatable bonds is 1. The summed E-state index contributed by atoms with van der Waals surface area (Å²) in [5, 5.41) is 1.59. The molecule has 2 fully saturated rings. The lowest BCUT2D eigenvalue weighted by molar-refractivity contribution is -0.137. The SMILES string of the molecule is CC#Cc1cc(C)c(C2C(=O)CC3(CCNN(C(C)=O)CC3)CC2=O)c(C)c1. The number of carbonyl (C=O) groups is 3. The van der Waals surface area contributed by atoms with Crippen molar-refractivity contribution in [3.63, 3.8) is 0 Å². The number of nitrogens with one attached hydrogen (secondary N) is 1. The van der Waals surface area contributed by atoms with E-state index in [0.717, 1.165) is 28.7 Å². The molecule has 1 aromatic carbocycles. The van der Waals surface area contributed by atoms with Gasteiger partial charge >= 0.3 is 0 Å². The summed E-state index contributed by atoms with van der Waals surface area (Å²) in [6.07, 6.45) is 2.19. The molecule has 0 unspecified atom stereocenters. The Balaban J connectivity index is 1.87. The van der Waals surface area contributed by atoms with E-state index >= 15 is 0 Å². The van der Waals surface area contributed by atoms with Gasteiger partial charge < -0.3 is 0 Å². The summed E-state index contributed by atoms with van der Waals surface area (Å²) in [6.45, 7) is 8.36. The quantitative estimate of drug-likeness (QED) is 0.601. The van der Waals surface area contributed by atoms with Crippen molar-refractivity contribution < 1.29 is 14.4 Å². The van der Waals surface area contributed by atoms with E-state index in [0.29, 0.717) is 32.4 Å². The van der Waals surface area contributed by atoms with E-state index < -0.39 is 5.92 Å². The second-order valence-corrected chi connectivity index (χ2v) is 8.20. The molecule has 0 aromatic heterocycles. The molecule has 0 atom stereocenters. The number of ketones is 2. The second kappa shape index (κ2) is 7.89. The van der Waals surface area contributed by atoms with Crippen LogP contribution in [0.3, 0.4) is 0 Å². The lowest BCUT2D eigenvalue weighted by Gasteiger charge is -2.38. The van der Waals surface area contributed by atoms with Crippen molar-refractivity contribution >= 4 is 17.5 Å². The molecular formula is C23H28N2O3. The third kappa shape index (κ3) is 3.88. The lowest BCUT2D eigenvalue weighted by Crippen LogP contribution is -2.41. The second-order valence-electron chi connectivity index (χ2n) is 8.20. The Morgan fingerprint density at radius 3 is 2.29 bits per heavy atom. The Hall–Kier alpha value is -2.45. The predicted molar refractivity (Wildman–Crippen MR) is 108 cm³/mol. The van der Waals surface area contributed by atoms with E-state index in [2.05, 4.69) is 17.3 Å². The lowest BCUT2D eigenvalue weighted by atomic mass is 9.63. The van der Waals surface area contributed by atoms with Gasteiger partial charge in [0.15, 0.2) is 0 Å². The van der Waals surface area contributed by atoms with E-state index in [1.54, 1.807) is 11.9 Å². The zero-order valence-corrected chi connectivity index (χ0v) is 17.1. The molecule has 1 heterocycles. The van der Waals surface area contributed by atoms with Crippen LogP contribution in [-0.2, 0) is 14.4 Å². The molecule has 1 aliphatic heterocycles. The van der Waals surface area contributed by atoms with Gasteiger partial charge in [-0.25, -0.2) is 5.43 Å². The van der Waals surface area contributed by atoms with Crippen LogP contribution in [0, 0.1) is 31.1 Å². The van der Waals surface area contributed by atoms with Crippen LogP contribution < -0.4 is 5.43 Å². The molecule has 1 aromatic rings. The maximum Gasteiger partial charge on any atom is 0.233 e.